The van der Waals surface area contributed by atoms with E-state index in [0.29, 0.717) is 0 Å². The highest BCUT2D eigenvalue weighted by molar-refractivity contribution is 6.43. The van der Waals surface area contributed by atoms with E-state index in [9.17, 15) is 9.59 Å². The molecule has 17 heavy (non-hydrogen) atoms. The van der Waals surface area contributed by atoms with E-state index in [2.05, 4.69) is 0 Å². The van der Waals surface area contributed by atoms with E-state index in [-0.39, 0.29) is 18.9 Å². The molecule has 8 heteroatoms. The maximum absolute atomic E-state index is 9.96. The third-order valence-electron chi connectivity index (χ3n) is 2.38. The van der Waals surface area contributed by atoms with Crippen molar-refractivity contribution in [2.45, 2.75) is 25.1 Å². The Kier molecular flexibility index (Phi) is 7.52. The molecule has 0 heterocycles. The molecule has 0 aromatic rings. The van der Waals surface area contributed by atoms with Gasteiger partial charge >= 0.3 is 19.1 Å². The third kappa shape index (κ3) is 8.67. The average molecular weight is 247 g/mol. The zero-order chi connectivity index (χ0) is 13.4. The van der Waals surface area contributed by atoms with Crippen LogP contribution in [-0.4, -0.2) is 64.4 Å². The molecule has 7 nitrogen and oxygen atoms in total. The first kappa shape index (κ1) is 15.9. The number of carboxylic acid groups (broad SMARTS) is 2. The molecule has 0 atom stereocenters. The molecule has 0 bridgehead atoms. The highest BCUT2D eigenvalue weighted by atomic mass is 16.4. The van der Waals surface area contributed by atoms with Gasteiger partial charge in [0.25, 0.3) is 0 Å². The Bertz CT molecular complexity index is 240. The number of carboxylic acids is 2. The zero-order valence-electron chi connectivity index (χ0n) is 9.74. The van der Waals surface area contributed by atoms with E-state index in [1.165, 1.54) is 18.4 Å². The highest BCUT2D eigenvalue weighted by Crippen LogP contribution is 2.32. The minimum absolute atomic E-state index is 0.194. The molecule has 1 aliphatic carbocycles. The zero-order valence-corrected chi connectivity index (χ0v) is 9.74. The van der Waals surface area contributed by atoms with Gasteiger partial charge in [-0.2, -0.15) is 0 Å². The summed E-state index contributed by atoms with van der Waals surface area (Å²) in [5.74, 6) is -1.85. The molecule has 1 saturated carbocycles. The molecule has 98 valence electrons. The molecule has 4 N–H and O–H groups in total. The van der Waals surface area contributed by atoms with Crippen LogP contribution < -0.4 is 0 Å². The standard InChI is InChI=1S/C5H9NO4.C4H9BO2/c1-6(2-4(7)8)3-5(9)10;6-5(7)4-2-1-3-4/h2-3H2,1H3,(H,7,8)(H,9,10);4,6-7H,1-3H2. The Morgan fingerprint density at radius 2 is 1.59 bits per heavy atom. The van der Waals surface area contributed by atoms with Crippen LogP contribution in [0.15, 0.2) is 0 Å². The molecule has 0 radical (unpaired) electrons. The first-order valence-corrected chi connectivity index (χ1v) is 5.31. The molecule has 0 aromatic carbocycles. The lowest BCUT2D eigenvalue weighted by Gasteiger charge is -2.23. The van der Waals surface area contributed by atoms with Crippen LogP contribution in [0.5, 0.6) is 0 Å². The number of nitrogens with zero attached hydrogens (tertiary/aromatic N) is 1. The molecule has 1 rings (SSSR count). The van der Waals surface area contributed by atoms with E-state index >= 15 is 0 Å². The van der Waals surface area contributed by atoms with Crippen LogP contribution in [0.3, 0.4) is 0 Å². The number of aliphatic carboxylic acids is 2. The minimum atomic E-state index is -1.05. The average Bonchev–Trinajstić information content (AvgIpc) is 1.95. The van der Waals surface area contributed by atoms with E-state index < -0.39 is 19.1 Å². The van der Waals surface area contributed by atoms with Crippen LogP contribution >= 0.6 is 0 Å². The van der Waals surface area contributed by atoms with Crippen molar-refractivity contribution in [1.29, 1.82) is 0 Å². The van der Waals surface area contributed by atoms with E-state index in [4.69, 9.17) is 20.3 Å². The lowest BCUT2D eigenvalue weighted by atomic mass is 9.61. The van der Waals surface area contributed by atoms with Crippen LogP contribution in [0.2, 0.25) is 5.82 Å². The Hall–Kier alpha value is -1.12. The quantitative estimate of drug-likeness (QED) is 0.465. The van der Waals surface area contributed by atoms with Gasteiger partial charge in [0.15, 0.2) is 0 Å². The van der Waals surface area contributed by atoms with Gasteiger partial charge in [0.2, 0.25) is 0 Å². The summed E-state index contributed by atoms with van der Waals surface area (Å²) in [4.78, 5) is 21.1. The fourth-order valence-electron chi connectivity index (χ4n) is 1.26. The fraction of sp³-hybridized carbons (Fsp3) is 0.778. The fourth-order valence-corrected chi connectivity index (χ4v) is 1.26. The molecule has 0 amide bonds. The molecule has 0 aliphatic heterocycles. The number of hydrogen-bond donors (Lipinski definition) is 4. The first-order chi connectivity index (χ1) is 7.82. The van der Waals surface area contributed by atoms with Crippen LogP contribution in [0, 0.1) is 0 Å². The van der Waals surface area contributed by atoms with Crippen LogP contribution in [0.25, 0.3) is 0 Å². The predicted molar refractivity (Wildman–Crippen MR) is 60.6 cm³/mol. The number of rotatable bonds is 5. The summed E-state index contributed by atoms with van der Waals surface area (Å²) in [6, 6.07) is 0. The Balaban J connectivity index is 0.000000318. The van der Waals surface area contributed by atoms with Crippen LogP contribution in [0.4, 0.5) is 0 Å². The molecule has 0 spiro atoms. The van der Waals surface area contributed by atoms with E-state index in [1.807, 2.05) is 0 Å². The number of hydrogen-bond acceptors (Lipinski definition) is 5. The normalized spacial score (nSPS) is 14.6. The Morgan fingerprint density at radius 3 is 1.71 bits per heavy atom. The molecule has 0 aromatic heterocycles. The summed E-state index contributed by atoms with van der Waals surface area (Å²) in [7, 11) is 0.385. The van der Waals surface area contributed by atoms with Crippen LogP contribution in [0.1, 0.15) is 19.3 Å². The second-order valence-corrected chi connectivity index (χ2v) is 4.06. The van der Waals surface area contributed by atoms with Crippen molar-refractivity contribution in [2.24, 2.45) is 0 Å². The number of likely N-dealkylation sites (N-methyl/N-ethyl adjacent to an activating group) is 1. The van der Waals surface area contributed by atoms with Crippen molar-refractivity contribution >= 4 is 19.1 Å². The van der Waals surface area contributed by atoms with Gasteiger partial charge in [-0.25, -0.2) is 0 Å². The summed E-state index contributed by atoms with van der Waals surface area (Å²) >= 11 is 0. The molecule has 1 aliphatic rings. The summed E-state index contributed by atoms with van der Waals surface area (Å²) in [5.41, 5.74) is 0. The summed E-state index contributed by atoms with van der Waals surface area (Å²) in [5, 5.41) is 33.2. The van der Waals surface area contributed by atoms with Crippen molar-refractivity contribution in [1.82, 2.24) is 4.90 Å². The Morgan fingerprint density at radius 1 is 1.18 bits per heavy atom. The topological polar surface area (TPSA) is 118 Å². The van der Waals surface area contributed by atoms with Gasteiger partial charge in [-0.15, -0.1) is 0 Å². The molecule has 0 saturated heterocycles. The second-order valence-electron chi connectivity index (χ2n) is 4.06. The third-order valence-corrected chi connectivity index (χ3v) is 2.38. The van der Waals surface area contributed by atoms with Crippen molar-refractivity contribution in [3.05, 3.63) is 0 Å². The highest BCUT2D eigenvalue weighted by Gasteiger charge is 2.28. The lowest BCUT2D eigenvalue weighted by Crippen LogP contribution is -2.30. The maximum atomic E-state index is 9.96. The van der Waals surface area contributed by atoms with Gasteiger partial charge in [0.1, 0.15) is 0 Å². The van der Waals surface area contributed by atoms with Gasteiger partial charge < -0.3 is 20.3 Å². The largest absolute Gasteiger partial charge is 0.480 e. The smallest absolute Gasteiger partial charge is 0.454 e. The summed E-state index contributed by atoms with van der Waals surface area (Å²) in [6.07, 6.45) is 3.16. The SMILES string of the molecule is CN(CC(=O)O)CC(=O)O.OB(O)C1CCC1. The van der Waals surface area contributed by atoms with Gasteiger partial charge in [0, 0.05) is 0 Å². The van der Waals surface area contributed by atoms with Crippen molar-refractivity contribution in [2.75, 3.05) is 20.1 Å². The summed E-state index contributed by atoms with van der Waals surface area (Å²) in [6.45, 7) is -0.488. The lowest BCUT2D eigenvalue weighted by molar-refractivity contribution is -0.141. The van der Waals surface area contributed by atoms with Crippen LogP contribution in [-0.2, 0) is 9.59 Å². The number of carbonyl (C=O) groups is 2. The van der Waals surface area contributed by atoms with Gasteiger partial charge in [-0.3, -0.25) is 14.5 Å². The Labute approximate surface area is 99.8 Å². The maximum Gasteiger partial charge on any atom is 0.454 e. The van der Waals surface area contributed by atoms with Crippen molar-refractivity contribution in [3.63, 3.8) is 0 Å². The monoisotopic (exact) mass is 247 g/mol. The van der Waals surface area contributed by atoms with Crippen molar-refractivity contribution in [3.8, 4) is 0 Å². The molecule has 0 unspecified atom stereocenters. The summed E-state index contributed by atoms with van der Waals surface area (Å²) < 4.78 is 0. The van der Waals surface area contributed by atoms with Gasteiger partial charge in [-0.1, -0.05) is 19.3 Å². The minimum Gasteiger partial charge on any atom is -0.480 e. The first-order valence-electron chi connectivity index (χ1n) is 5.31. The molecule has 1 fully saturated rings. The van der Waals surface area contributed by atoms with Gasteiger partial charge in [0.05, 0.1) is 13.1 Å². The predicted octanol–water partition coefficient (Wildman–Crippen LogP) is -0.899. The van der Waals surface area contributed by atoms with Crippen molar-refractivity contribution < 1.29 is 29.9 Å². The van der Waals surface area contributed by atoms with Gasteiger partial charge in [-0.05, 0) is 12.9 Å². The molecular formula is C9H18BNO6. The second kappa shape index (κ2) is 8.05. The van der Waals surface area contributed by atoms with E-state index in [0.717, 1.165) is 12.8 Å². The van der Waals surface area contributed by atoms with E-state index in [1.54, 1.807) is 0 Å². The molecular weight excluding hydrogens is 229 g/mol.